The van der Waals surface area contributed by atoms with Gasteiger partial charge in [0.2, 0.25) is 0 Å². The van der Waals surface area contributed by atoms with Gasteiger partial charge in [0.25, 0.3) is 0 Å². The van der Waals surface area contributed by atoms with E-state index in [1.165, 1.54) is 95.6 Å². The lowest BCUT2D eigenvalue weighted by molar-refractivity contribution is 0.599. The lowest BCUT2D eigenvalue weighted by atomic mass is 9.95. The fraction of sp³-hybridized carbons (Fsp3) is 0.739. The van der Waals surface area contributed by atoms with Gasteiger partial charge in [-0.05, 0) is 42.9 Å². The van der Waals surface area contributed by atoms with Crippen LogP contribution in [-0.4, -0.2) is 7.05 Å². The monoisotopic (exact) mass is 331 g/mol. The molecule has 0 unspecified atom stereocenters. The summed E-state index contributed by atoms with van der Waals surface area (Å²) >= 11 is 0. The second-order valence-electron chi connectivity index (χ2n) is 7.23. The molecule has 0 amide bonds. The molecule has 1 aromatic carbocycles. The van der Waals surface area contributed by atoms with Crippen LogP contribution in [0.15, 0.2) is 18.2 Å². The third kappa shape index (κ3) is 8.76. The van der Waals surface area contributed by atoms with Crippen LogP contribution >= 0.6 is 0 Å². The van der Waals surface area contributed by atoms with Crippen LogP contribution in [0, 0.1) is 0 Å². The minimum Gasteiger partial charge on any atom is -0.388 e. The lowest BCUT2D eigenvalue weighted by Gasteiger charge is -2.15. The van der Waals surface area contributed by atoms with Crippen molar-refractivity contribution in [2.75, 3.05) is 12.4 Å². The first-order valence-electron chi connectivity index (χ1n) is 10.6. The van der Waals surface area contributed by atoms with E-state index in [2.05, 4.69) is 44.4 Å². The Labute approximate surface area is 151 Å². The Morgan fingerprint density at radius 2 is 1.21 bits per heavy atom. The molecule has 0 spiro atoms. The van der Waals surface area contributed by atoms with Crippen molar-refractivity contribution in [2.24, 2.45) is 0 Å². The average molecular weight is 332 g/mol. The zero-order valence-corrected chi connectivity index (χ0v) is 16.6. The Morgan fingerprint density at radius 3 is 1.79 bits per heavy atom. The van der Waals surface area contributed by atoms with E-state index in [1.807, 2.05) is 0 Å². The molecule has 1 heteroatoms. The van der Waals surface area contributed by atoms with Gasteiger partial charge >= 0.3 is 0 Å². The van der Waals surface area contributed by atoms with E-state index >= 15 is 0 Å². The lowest BCUT2D eigenvalue weighted by Crippen LogP contribution is -2.01. The summed E-state index contributed by atoms with van der Waals surface area (Å²) in [4.78, 5) is 0. The largest absolute Gasteiger partial charge is 0.388 e. The molecule has 1 nitrogen and oxygen atoms in total. The molecule has 0 aromatic heterocycles. The number of hydrogen-bond acceptors (Lipinski definition) is 1. The topological polar surface area (TPSA) is 12.0 Å². The van der Waals surface area contributed by atoms with E-state index < -0.39 is 0 Å². The summed E-state index contributed by atoms with van der Waals surface area (Å²) < 4.78 is 0. The Bertz CT molecular complexity index is 410. The van der Waals surface area contributed by atoms with Gasteiger partial charge in [0.1, 0.15) is 0 Å². The van der Waals surface area contributed by atoms with Crippen LogP contribution in [0.25, 0.3) is 0 Å². The van der Waals surface area contributed by atoms with Gasteiger partial charge in [-0.15, -0.1) is 0 Å². The second-order valence-corrected chi connectivity index (χ2v) is 7.23. The van der Waals surface area contributed by atoms with Crippen molar-refractivity contribution in [1.82, 2.24) is 0 Å². The number of aryl methyl sites for hydroxylation is 1. The summed E-state index contributed by atoms with van der Waals surface area (Å²) in [7, 11) is 2.06. The van der Waals surface area contributed by atoms with Gasteiger partial charge in [0.05, 0.1) is 0 Å². The maximum atomic E-state index is 3.42. The van der Waals surface area contributed by atoms with E-state index in [-0.39, 0.29) is 0 Å². The van der Waals surface area contributed by atoms with E-state index in [4.69, 9.17) is 0 Å². The molecule has 0 aliphatic heterocycles. The van der Waals surface area contributed by atoms with Crippen LogP contribution in [-0.2, 0) is 12.8 Å². The van der Waals surface area contributed by atoms with E-state index in [0.29, 0.717) is 0 Å². The first-order chi connectivity index (χ1) is 11.8. The first-order valence-corrected chi connectivity index (χ1v) is 10.6. The summed E-state index contributed by atoms with van der Waals surface area (Å²) in [6.45, 7) is 4.58. The molecular formula is C23H41N. The van der Waals surface area contributed by atoms with Crippen LogP contribution in [0.2, 0.25) is 0 Å². The van der Waals surface area contributed by atoms with Gasteiger partial charge in [-0.3, -0.25) is 0 Å². The number of hydrogen-bond donors (Lipinski definition) is 1. The van der Waals surface area contributed by atoms with Crippen molar-refractivity contribution in [1.29, 1.82) is 0 Å². The molecule has 0 aliphatic carbocycles. The van der Waals surface area contributed by atoms with E-state index in [0.717, 1.165) is 0 Å². The molecule has 0 saturated heterocycles. The SMILES string of the molecule is CCCCCCCCc1cccc(NC)c1CCCCCCCC. The van der Waals surface area contributed by atoms with E-state index in [9.17, 15) is 0 Å². The van der Waals surface area contributed by atoms with Crippen LogP contribution in [0.1, 0.15) is 102 Å². The van der Waals surface area contributed by atoms with Crippen LogP contribution in [0.3, 0.4) is 0 Å². The first kappa shape index (κ1) is 21.1. The highest BCUT2D eigenvalue weighted by molar-refractivity contribution is 5.54. The molecule has 1 rings (SSSR count). The number of benzene rings is 1. The van der Waals surface area contributed by atoms with Crippen molar-refractivity contribution in [3.63, 3.8) is 0 Å². The molecule has 1 aromatic rings. The second kappa shape index (κ2) is 14.4. The molecule has 0 fully saturated rings. The highest BCUT2D eigenvalue weighted by Gasteiger charge is 2.07. The maximum Gasteiger partial charge on any atom is 0.0372 e. The average Bonchev–Trinajstić information content (AvgIpc) is 2.61. The standard InChI is InChI=1S/C23H41N/c1-4-6-8-10-12-14-17-21-18-16-20-23(24-3)22(21)19-15-13-11-9-7-5-2/h16,18,20,24H,4-15,17,19H2,1-3H3. The molecule has 0 heterocycles. The third-order valence-electron chi connectivity index (χ3n) is 5.12. The summed E-state index contributed by atoms with van der Waals surface area (Å²) in [5, 5.41) is 3.42. The molecule has 138 valence electrons. The van der Waals surface area contributed by atoms with Crippen molar-refractivity contribution >= 4 is 5.69 Å². The fourth-order valence-electron chi connectivity index (χ4n) is 3.58. The zero-order chi connectivity index (χ0) is 17.5. The molecular weight excluding hydrogens is 290 g/mol. The Balaban J connectivity index is 2.42. The van der Waals surface area contributed by atoms with E-state index in [1.54, 1.807) is 11.1 Å². The van der Waals surface area contributed by atoms with Crippen LogP contribution in [0.5, 0.6) is 0 Å². The third-order valence-corrected chi connectivity index (χ3v) is 5.12. The molecule has 1 N–H and O–H groups in total. The Morgan fingerprint density at radius 1 is 0.667 bits per heavy atom. The Hall–Kier alpha value is -0.980. The number of nitrogens with one attached hydrogen (secondary N) is 1. The highest BCUT2D eigenvalue weighted by atomic mass is 14.8. The van der Waals surface area contributed by atoms with Crippen molar-refractivity contribution in [3.05, 3.63) is 29.3 Å². The molecule has 0 atom stereocenters. The van der Waals surface area contributed by atoms with Gasteiger partial charge in [-0.2, -0.15) is 0 Å². The fourth-order valence-corrected chi connectivity index (χ4v) is 3.58. The molecule has 0 saturated carbocycles. The van der Waals surface area contributed by atoms with Gasteiger partial charge < -0.3 is 5.32 Å². The number of unbranched alkanes of at least 4 members (excludes halogenated alkanes) is 10. The van der Waals surface area contributed by atoms with Crippen molar-refractivity contribution in [3.8, 4) is 0 Å². The van der Waals surface area contributed by atoms with Crippen molar-refractivity contribution in [2.45, 2.75) is 104 Å². The summed E-state index contributed by atoms with van der Waals surface area (Å²) in [6.07, 6.45) is 19.1. The summed E-state index contributed by atoms with van der Waals surface area (Å²) in [6, 6.07) is 6.83. The van der Waals surface area contributed by atoms with Gasteiger partial charge in [-0.1, -0.05) is 90.2 Å². The molecule has 24 heavy (non-hydrogen) atoms. The quantitative estimate of drug-likeness (QED) is 0.327. The van der Waals surface area contributed by atoms with Crippen LogP contribution < -0.4 is 5.32 Å². The number of rotatable bonds is 15. The maximum absolute atomic E-state index is 3.42. The highest BCUT2D eigenvalue weighted by Crippen LogP contribution is 2.24. The normalized spacial score (nSPS) is 11.0. The minimum atomic E-state index is 1.24. The van der Waals surface area contributed by atoms with Gasteiger partial charge in [0.15, 0.2) is 0 Å². The zero-order valence-electron chi connectivity index (χ0n) is 16.6. The summed E-state index contributed by atoms with van der Waals surface area (Å²) in [5.41, 5.74) is 4.53. The smallest absolute Gasteiger partial charge is 0.0372 e. The minimum absolute atomic E-state index is 1.24. The van der Waals surface area contributed by atoms with Crippen LogP contribution in [0.4, 0.5) is 5.69 Å². The Kier molecular flexibility index (Phi) is 12.6. The number of anilines is 1. The molecule has 0 radical (unpaired) electrons. The predicted molar refractivity (Wildman–Crippen MR) is 110 cm³/mol. The molecule has 0 bridgehead atoms. The van der Waals surface area contributed by atoms with Gasteiger partial charge in [-0.25, -0.2) is 0 Å². The van der Waals surface area contributed by atoms with Crippen molar-refractivity contribution < 1.29 is 0 Å². The molecule has 0 aliphatic rings. The predicted octanol–water partition coefficient (Wildman–Crippen LogP) is 7.53. The van der Waals surface area contributed by atoms with Gasteiger partial charge in [0, 0.05) is 12.7 Å². The summed E-state index contributed by atoms with van der Waals surface area (Å²) in [5.74, 6) is 0.